The molecule has 0 spiro atoms. The minimum absolute atomic E-state index is 0.141. The Morgan fingerprint density at radius 3 is 2.43 bits per heavy atom. The highest BCUT2D eigenvalue weighted by Gasteiger charge is 2.19. The van der Waals surface area contributed by atoms with Gasteiger partial charge < -0.3 is 15.0 Å². The molecule has 3 aromatic rings. The largest absolute Gasteiger partial charge is 0.483 e. The lowest BCUT2D eigenvalue weighted by Gasteiger charge is -2.21. The zero-order chi connectivity index (χ0) is 21.5. The summed E-state index contributed by atoms with van der Waals surface area (Å²) < 4.78 is 6.45. The first kappa shape index (κ1) is 21.6. The number of anilines is 1. The number of amides is 2. The van der Waals surface area contributed by atoms with Crippen LogP contribution in [0.1, 0.15) is 21.5 Å². The quantitative estimate of drug-likeness (QED) is 0.547. The molecule has 0 atom stereocenters. The zero-order valence-electron chi connectivity index (χ0n) is 16.9. The fourth-order valence-corrected chi connectivity index (χ4v) is 3.53. The van der Waals surface area contributed by atoms with Crippen LogP contribution in [0.3, 0.4) is 0 Å². The normalized spacial score (nSPS) is 10.4. The molecule has 0 saturated heterocycles. The highest BCUT2D eigenvalue weighted by molar-refractivity contribution is 9.10. The van der Waals surface area contributed by atoms with E-state index in [9.17, 15) is 9.59 Å². The number of carbonyl (C=O) groups is 2. The van der Waals surface area contributed by atoms with Crippen molar-refractivity contribution in [2.75, 3.05) is 18.6 Å². The van der Waals surface area contributed by atoms with Crippen molar-refractivity contribution >= 4 is 33.4 Å². The molecule has 0 aromatic heterocycles. The van der Waals surface area contributed by atoms with Gasteiger partial charge in [0.15, 0.2) is 6.61 Å². The van der Waals surface area contributed by atoms with E-state index in [2.05, 4.69) is 21.2 Å². The lowest BCUT2D eigenvalue weighted by Crippen LogP contribution is -2.33. The fourth-order valence-electron chi connectivity index (χ4n) is 2.93. The standard InChI is InChI=1S/C24H23BrN2O3/c1-17-12-13-22(20(25)14-17)30-16-23(28)27(2)21-11-7-6-10-19(21)24(29)26-15-18-8-4-3-5-9-18/h3-14H,15-16H2,1-2H3,(H,26,29). The lowest BCUT2D eigenvalue weighted by atomic mass is 10.1. The van der Waals surface area contributed by atoms with Gasteiger partial charge in [0.1, 0.15) is 5.75 Å². The zero-order valence-corrected chi connectivity index (χ0v) is 18.5. The molecule has 0 bridgehead atoms. The van der Waals surface area contributed by atoms with Crippen molar-refractivity contribution in [3.63, 3.8) is 0 Å². The second kappa shape index (κ2) is 10.1. The third-order valence-electron chi connectivity index (χ3n) is 4.62. The molecule has 0 radical (unpaired) electrons. The van der Waals surface area contributed by atoms with E-state index in [1.807, 2.05) is 55.5 Å². The van der Waals surface area contributed by atoms with Gasteiger partial charge in [0, 0.05) is 13.6 Å². The Morgan fingerprint density at radius 2 is 1.70 bits per heavy atom. The fraction of sp³-hybridized carbons (Fsp3) is 0.167. The number of aryl methyl sites for hydroxylation is 1. The molecule has 5 nitrogen and oxygen atoms in total. The van der Waals surface area contributed by atoms with Crippen LogP contribution in [0.5, 0.6) is 5.75 Å². The van der Waals surface area contributed by atoms with Crippen LogP contribution in [-0.2, 0) is 11.3 Å². The van der Waals surface area contributed by atoms with Gasteiger partial charge in [0.2, 0.25) is 0 Å². The Balaban J connectivity index is 1.67. The first-order valence-corrected chi connectivity index (χ1v) is 10.3. The smallest absolute Gasteiger partial charge is 0.264 e. The molecule has 3 rings (SSSR count). The Bertz CT molecular complexity index is 1040. The Morgan fingerprint density at radius 1 is 1.00 bits per heavy atom. The van der Waals surface area contributed by atoms with Gasteiger partial charge in [0.25, 0.3) is 11.8 Å². The van der Waals surface area contributed by atoms with Crippen molar-refractivity contribution < 1.29 is 14.3 Å². The van der Waals surface area contributed by atoms with Gasteiger partial charge in [-0.2, -0.15) is 0 Å². The minimum Gasteiger partial charge on any atom is -0.483 e. The average molecular weight is 467 g/mol. The maximum Gasteiger partial charge on any atom is 0.264 e. The molecular weight excluding hydrogens is 444 g/mol. The number of hydrogen-bond donors (Lipinski definition) is 1. The van der Waals surface area contributed by atoms with Crippen molar-refractivity contribution in [3.8, 4) is 5.75 Å². The topological polar surface area (TPSA) is 58.6 Å². The Hall–Kier alpha value is -3.12. The van der Waals surface area contributed by atoms with Gasteiger partial charge in [0.05, 0.1) is 15.7 Å². The van der Waals surface area contributed by atoms with Crippen LogP contribution >= 0.6 is 15.9 Å². The van der Waals surface area contributed by atoms with Gasteiger partial charge in [-0.25, -0.2) is 0 Å². The van der Waals surface area contributed by atoms with Crippen molar-refractivity contribution in [1.29, 1.82) is 0 Å². The summed E-state index contributed by atoms with van der Waals surface area (Å²) in [6, 6.07) is 22.4. The van der Waals surface area contributed by atoms with Crippen LogP contribution in [0.2, 0.25) is 0 Å². The lowest BCUT2D eigenvalue weighted by molar-refractivity contribution is -0.120. The third-order valence-corrected chi connectivity index (χ3v) is 5.24. The van der Waals surface area contributed by atoms with E-state index in [0.29, 0.717) is 23.5 Å². The number of likely N-dealkylation sites (N-methyl/N-ethyl adjacent to an activating group) is 1. The van der Waals surface area contributed by atoms with Gasteiger partial charge in [-0.3, -0.25) is 9.59 Å². The summed E-state index contributed by atoms with van der Waals surface area (Å²) in [4.78, 5) is 26.9. The summed E-state index contributed by atoms with van der Waals surface area (Å²) in [6.07, 6.45) is 0. The molecule has 0 unspecified atom stereocenters. The van der Waals surface area contributed by atoms with Crippen LogP contribution in [0.4, 0.5) is 5.69 Å². The first-order valence-electron chi connectivity index (χ1n) is 9.52. The second-order valence-corrected chi connectivity index (χ2v) is 7.72. The number of nitrogens with one attached hydrogen (secondary N) is 1. The first-order chi connectivity index (χ1) is 14.5. The van der Waals surface area contributed by atoms with Crippen LogP contribution in [-0.4, -0.2) is 25.5 Å². The molecule has 0 heterocycles. The molecule has 0 aliphatic heterocycles. The molecule has 154 valence electrons. The molecule has 6 heteroatoms. The summed E-state index contributed by atoms with van der Waals surface area (Å²) >= 11 is 3.44. The number of halogens is 1. The number of ether oxygens (including phenoxy) is 1. The number of benzene rings is 3. The van der Waals surface area contributed by atoms with Crippen molar-refractivity contribution in [3.05, 3.63) is 94.0 Å². The molecule has 2 amide bonds. The van der Waals surface area contributed by atoms with Gasteiger partial charge in [-0.1, -0.05) is 48.5 Å². The molecule has 0 aliphatic carbocycles. The third kappa shape index (κ3) is 5.48. The van der Waals surface area contributed by atoms with E-state index in [-0.39, 0.29) is 18.4 Å². The van der Waals surface area contributed by atoms with Crippen LogP contribution in [0, 0.1) is 6.92 Å². The van der Waals surface area contributed by atoms with Gasteiger partial charge >= 0.3 is 0 Å². The maximum absolute atomic E-state index is 12.7. The minimum atomic E-state index is -0.259. The van der Waals surface area contributed by atoms with Gasteiger partial charge in [-0.05, 0) is 58.2 Å². The molecule has 0 saturated carbocycles. The molecule has 30 heavy (non-hydrogen) atoms. The summed E-state index contributed by atoms with van der Waals surface area (Å²) in [7, 11) is 1.64. The van der Waals surface area contributed by atoms with Crippen LogP contribution in [0.15, 0.2) is 77.3 Å². The van der Waals surface area contributed by atoms with Crippen molar-refractivity contribution in [1.82, 2.24) is 5.32 Å². The summed E-state index contributed by atoms with van der Waals surface area (Å²) in [6.45, 7) is 2.25. The summed E-state index contributed by atoms with van der Waals surface area (Å²) in [5.74, 6) is 0.0957. The van der Waals surface area contributed by atoms with E-state index in [1.54, 1.807) is 31.3 Å². The van der Waals surface area contributed by atoms with Crippen molar-refractivity contribution in [2.45, 2.75) is 13.5 Å². The van der Waals surface area contributed by atoms with E-state index >= 15 is 0 Å². The Labute approximate surface area is 184 Å². The molecule has 3 aromatic carbocycles. The maximum atomic E-state index is 12.7. The van der Waals surface area contributed by atoms with Crippen LogP contribution in [0.25, 0.3) is 0 Å². The average Bonchev–Trinajstić information content (AvgIpc) is 2.77. The predicted molar refractivity (Wildman–Crippen MR) is 122 cm³/mol. The van der Waals surface area contributed by atoms with E-state index in [4.69, 9.17) is 4.74 Å². The second-order valence-electron chi connectivity index (χ2n) is 6.86. The number of nitrogens with zero attached hydrogens (tertiary/aromatic N) is 1. The van der Waals surface area contributed by atoms with E-state index in [1.165, 1.54) is 4.90 Å². The Kier molecular flexibility index (Phi) is 7.25. The van der Waals surface area contributed by atoms with Gasteiger partial charge in [-0.15, -0.1) is 0 Å². The predicted octanol–water partition coefficient (Wildman–Crippen LogP) is 4.73. The van der Waals surface area contributed by atoms with Crippen molar-refractivity contribution in [2.24, 2.45) is 0 Å². The summed E-state index contributed by atoms with van der Waals surface area (Å²) in [5.41, 5.74) is 3.05. The highest BCUT2D eigenvalue weighted by Crippen LogP contribution is 2.26. The number of hydrogen-bond acceptors (Lipinski definition) is 3. The SMILES string of the molecule is Cc1ccc(OCC(=O)N(C)c2ccccc2C(=O)NCc2ccccc2)c(Br)c1. The number of para-hydroxylation sites is 1. The molecule has 0 fully saturated rings. The monoisotopic (exact) mass is 466 g/mol. The summed E-state index contributed by atoms with van der Waals surface area (Å²) in [5, 5.41) is 2.91. The number of rotatable bonds is 7. The highest BCUT2D eigenvalue weighted by atomic mass is 79.9. The molecular formula is C24H23BrN2O3. The van der Waals surface area contributed by atoms with E-state index in [0.717, 1.165) is 15.6 Å². The van der Waals surface area contributed by atoms with Crippen LogP contribution < -0.4 is 15.0 Å². The molecule has 1 N–H and O–H groups in total. The number of carbonyl (C=O) groups excluding carboxylic acids is 2. The van der Waals surface area contributed by atoms with E-state index < -0.39 is 0 Å². The molecule has 0 aliphatic rings.